The van der Waals surface area contributed by atoms with Gasteiger partial charge in [-0.15, -0.1) is 0 Å². The number of rotatable bonds is 8. The van der Waals surface area contributed by atoms with Crippen molar-refractivity contribution in [2.24, 2.45) is 0 Å². The van der Waals surface area contributed by atoms with Crippen molar-refractivity contribution >= 4 is 5.97 Å². The zero-order valence-electron chi connectivity index (χ0n) is 20.7. The number of hydrogen-bond donors (Lipinski definition) is 0. The van der Waals surface area contributed by atoms with Crippen molar-refractivity contribution in [3.63, 3.8) is 0 Å². The maximum Gasteiger partial charge on any atom is 0.341 e. The molecule has 0 spiro atoms. The maximum absolute atomic E-state index is 14.9. The van der Waals surface area contributed by atoms with Gasteiger partial charge in [0.25, 0.3) is 0 Å². The van der Waals surface area contributed by atoms with Crippen LogP contribution >= 0.6 is 0 Å². The monoisotopic (exact) mass is 496 g/mol. The van der Waals surface area contributed by atoms with E-state index < -0.39 is 29.3 Å². The van der Waals surface area contributed by atoms with E-state index in [9.17, 15) is 18.0 Å². The van der Waals surface area contributed by atoms with Crippen LogP contribution < -0.4 is 4.74 Å². The van der Waals surface area contributed by atoms with Gasteiger partial charge in [0, 0.05) is 5.56 Å². The Balaban J connectivity index is 1.38. The second-order valence-electron chi connectivity index (χ2n) is 9.24. The number of esters is 1. The van der Waals surface area contributed by atoms with E-state index in [1.54, 1.807) is 25.1 Å². The molecule has 3 aromatic rings. The van der Waals surface area contributed by atoms with Gasteiger partial charge in [-0.3, -0.25) is 0 Å². The van der Waals surface area contributed by atoms with Crippen LogP contribution in [0.2, 0.25) is 0 Å². The highest BCUT2D eigenvalue weighted by molar-refractivity contribution is 5.90. The van der Waals surface area contributed by atoms with Crippen LogP contribution in [0.4, 0.5) is 13.2 Å². The molecular weight excluding hydrogens is 465 g/mol. The topological polar surface area (TPSA) is 35.5 Å². The highest BCUT2D eigenvalue weighted by Gasteiger charge is 2.28. The van der Waals surface area contributed by atoms with E-state index in [0.29, 0.717) is 37.9 Å². The van der Waals surface area contributed by atoms with Crippen molar-refractivity contribution in [2.75, 3.05) is 6.61 Å². The van der Waals surface area contributed by atoms with Gasteiger partial charge >= 0.3 is 5.97 Å². The van der Waals surface area contributed by atoms with E-state index >= 15 is 0 Å². The molecule has 0 unspecified atom stereocenters. The summed E-state index contributed by atoms with van der Waals surface area (Å²) < 4.78 is 54.7. The Hall–Kier alpha value is -3.28. The third-order valence-electron chi connectivity index (χ3n) is 6.78. The lowest BCUT2D eigenvalue weighted by atomic mass is 9.82. The fourth-order valence-corrected chi connectivity index (χ4v) is 4.84. The summed E-state index contributed by atoms with van der Waals surface area (Å²) in [6.45, 7) is 4.28. The Bertz CT molecular complexity index is 1200. The molecule has 36 heavy (non-hydrogen) atoms. The van der Waals surface area contributed by atoms with Crippen LogP contribution in [0.3, 0.4) is 0 Å². The van der Waals surface area contributed by atoms with E-state index in [1.807, 2.05) is 18.2 Å². The first-order valence-corrected chi connectivity index (χ1v) is 12.6. The summed E-state index contributed by atoms with van der Waals surface area (Å²) in [6.07, 6.45) is 4.07. The summed E-state index contributed by atoms with van der Waals surface area (Å²) in [6, 6.07) is 15.0. The van der Waals surface area contributed by atoms with Crippen molar-refractivity contribution < 1.29 is 27.4 Å². The highest BCUT2D eigenvalue weighted by Crippen LogP contribution is 2.36. The van der Waals surface area contributed by atoms with E-state index in [4.69, 9.17) is 9.47 Å². The van der Waals surface area contributed by atoms with Crippen molar-refractivity contribution in [3.8, 4) is 16.9 Å². The number of hydrogen-bond acceptors (Lipinski definition) is 3. The standard InChI is InChI=1S/C30H31F3O3/c1-3-5-19-6-8-21(9-7-19)24-15-16-25(29(33)28(24)32)30(34)36-23-13-10-20(11-14-23)22-12-17-27(35-4-2)26(31)18-22/h6-9,12,15-18,20,23H,3-5,10-11,13-14H2,1-2H3. The van der Waals surface area contributed by atoms with Crippen LogP contribution in [-0.2, 0) is 11.2 Å². The number of carbonyl (C=O) groups excluding carboxylic acids is 1. The minimum absolute atomic E-state index is 0.107. The molecule has 0 aromatic heterocycles. The summed E-state index contributed by atoms with van der Waals surface area (Å²) in [5.74, 6) is -3.14. The molecular formula is C30H31F3O3. The van der Waals surface area contributed by atoms with Crippen molar-refractivity contribution in [1.29, 1.82) is 0 Å². The molecule has 0 radical (unpaired) electrons. The van der Waals surface area contributed by atoms with E-state index in [0.717, 1.165) is 24.0 Å². The summed E-state index contributed by atoms with van der Waals surface area (Å²) >= 11 is 0. The van der Waals surface area contributed by atoms with Gasteiger partial charge in [-0.05, 0) is 79.8 Å². The predicted molar refractivity (Wildman–Crippen MR) is 134 cm³/mol. The highest BCUT2D eigenvalue weighted by atomic mass is 19.2. The van der Waals surface area contributed by atoms with Crippen LogP contribution in [0.1, 0.15) is 73.4 Å². The first kappa shape index (κ1) is 25.8. The van der Waals surface area contributed by atoms with Crippen LogP contribution in [0, 0.1) is 17.5 Å². The molecule has 1 fully saturated rings. The molecule has 6 heteroatoms. The number of halogens is 3. The molecule has 1 aliphatic carbocycles. The van der Waals surface area contributed by atoms with Gasteiger partial charge in [0.1, 0.15) is 6.10 Å². The number of aryl methyl sites for hydroxylation is 1. The van der Waals surface area contributed by atoms with Crippen LogP contribution in [0.5, 0.6) is 5.75 Å². The Morgan fingerprint density at radius 3 is 2.25 bits per heavy atom. The quantitative estimate of drug-likeness (QED) is 0.296. The third kappa shape index (κ3) is 5.75. The van der Waals surface area contributed by atoms with Gasteiger partial charge in [0.2, 0.25) is 0 Å². The van der Waals surface area contributed by atoms with E-state index in [2.05, 4.69) is 6.92 Å². The minimum atomic E-state index is -1.20. The summed E-state index contributed by atoms with van der Waals surface area (Å²) in [5.41, 5.74) is 2.26. The largest absolute Gasteiger partial charge is 0.491 e. The number of carbonyl (C=O) groups is 1. The molecule has 0 saturated heterocycles. The maximum atomic E-state index is 14.9. The molecule has 0 amide bonds. The minimum Gasteiger partial charge on any atom is -0.491 e. The van der Waals surface area contributed by atoms with Crippen molar-refractivity contribution in [2.45, 2.75) is 64.4 Å². The molecule has 0 bridgehead atoms. The second kappa shape index (κ2) is 11.6. The lowest BCUT2D eigenvalue weighted by Crippen LogP contribution is -2.24. The molecule has 3 aromatic carbocycles. The van der Waals surface area contributed by atoms with Crippen molar-refractivity contribution in [1.82, 2.24) is 0 Å². The first-order valence-electron chi connectivity index (χ1n) is 12.6. The Labute approximate surface area is 210 Å². The van der Waals surface area contributed by atoms with Gasteiger partial charge in [-0.1, -0.05) is 49.7 Å². The van der Waals surface area contributed by atoms with E-state index in [-0.39, 0.29) is 23.0 Å². The zero-order valence-corrected chi connectivity index (χ0v) is 20.7. The third-order valence-corrected chi connectivity index (χ3v) is 6.78. The molecule has 0 N–H and O–H groups in total. The molecule has 0 atom stereocenters. The molecule has 0 heterocycles. The Morgan fingerprint density at radius 1 is 0.889 bits per heavy atom. The van der Waals surface area contributed by atoms with Crippen LogP contribution in [0.15, 0.2) is 54.6 Å². The number of benzene rings is 3. The summed E-state index contributed by atoms with van der Waals surface area (Å²) in [7, 11) is 0. The van der Waals surface area contributed by atoms with E-state index in [1.165, 1.54) is 18.2 Å². The molecule has 4 rings (SSSR count). The molecule has 0 aliphatic heterocycles. The summed E-state index contributed by atoms with van der Waals surface area (Å²) in [5, 5.41) is 0. The van der Waals surface area contributed by atoms with Crippen molar-refractivity contribution in [3.05, 3.63) is 88.7 Å². The number of ether oxygens (including phenoxy) is 2. The second-order valence-corrected chi connectivity index (χ2v) is 9.24. The zero-order chi connectivity index (χ0) is 25.7. The molecule has 190 valence electrons. The lowest BCUT2D eigenvalue weighted by Gasteiger charge is -2.28. The fourth-order valence-electron chi connectivity index (χ4n) is 4.84. The van der Waals surface area contributed by atoms with Gasteiger partial charge in [0.15, 0.2) is 23.2 Å². The molecule has 3 nitrogen and oxygen atoms in total. The average molecular weight is 497 g/mol. The van der Waals surface area contributed by atoms with Gasteiger partial charge in [-0.25, -0.2) is 18.0 Å². The summed E-state index contributed by atoms with van der Waals surface area (Å²) in [4.78, 5) is 12.7. The average Bonchev–Trinajstić information content (AvgIpc) is 2.88. The van der Waals surface area contributed by atoms with Gasteiger partial charge in [0.05, 0.1) is 12.2 Å². The predicted octanol–water partition coefficient (Wildman–Crippen LogP) is 8.01. The smallest absolute Gasteiger partial charge is 0.341 e. The van der Waals surface area contributed by atoms with Gasteiger partial charge < -0.3 is 9.47 Å². The van der Waals surface area contributed by atoms with Crippen LogP contribution in [-0.4, -0.2) is 18.7 Å². The fraction of sp³-hybridized carbons (Fsp3) is 0.367. The Morgan fingerprint density at radius 2 is 1.61 bits per heavy atom. The SMILES string of the molecule is CCCc1ccc(-c2ccc(C(=O)OC3CCC(c4ccc(OCC)c(F)c4)CC3)c(F)c2F)cc1. The van der Waals surface area contributed by atoms with Crippen LogP contribution in [0.25, 0.3) is 11.1 Å². The lowest BCUT2D eigenvalue weighted by molar-refractivity contribution is 0.0189. The molecule has 1 saturated carbocycles. The first-order chi connectivity index (χ1) is 17.4. The van der Waals surface area contributed by atoms with Gasteiger partial charge in [-0.2, -0.15) is 0 Å². The molecule has 1 aliphatic rings. The normalized spacial score (nSPS) is 17.6. The Kier molecular flexibility index (Phi) is 8.34.